The zero-order chi connectivity index (χ0) is 8.82. The fraction of sp³-hybridized carbons (Fsp3) is 1.00. The Morgan fingerprint density at radius 3 is 1.58 bits per heavy atom. The Labute approximate surface area is 75.7 Å². The van der Waals surface area contributed by atoms with Crippen LogP contribution in [0.25, 0.3) is 0 Å². The summed E-state index contributed by atoms with van der Waals surface area (Å²) in [6.07, 6.45) is 4.24. The quantitative estimate of drug-likeness (QED) is 0.528. The monoisotopic (exact) mass is 169 g/mol. The summed E-state index contributed by atoms with van der Waals surface area (Å²) >= 11 is 0. The van der Waals surface area contributed by atoms with Crippen LogP contribution in [0.15, 0.2) is 0 Å². The largest absolute Gasteiger partial charge is 0.326 e. The molecule has 12 heavy (non-hydrogen) atoms. The second-order valence-electron chi connectivity index (χ2n) is 5.33. The summed E-state index contributed by atoms with van der Waals surface area (Å²) in [5.41, 5.74) is 0.620. The van der Waals surface area contributed by atoms with E-state index in [1.54, 1.807) is 0 Å². The van der Waals surface area contributed by atoms with Gasteiger partial charge in [-0.1, -0.05) is 0 Å². The van der Waals surface area contributed by atoms with Gasteiger partial charge in [0.15, 0.2) is 0 Å². The standard InChI is InChI=1S/C10H21N2/c1-12(2,3)10-4-7-11(8-5-10)9-6-10/h4-9H2,1-3H3/q+1. The highest BCUT2D eigenvalue weighted by molar-refractivity contribution is 4.93. The molecule has 0 aromatic carbocycles. The average Bonchev–Trinajstić information content (AvgIpc) is 2.06. The highest BCUT2D eigenvalue weighted by atomic mass is 15.4. The summed E-state index contributed by atoms with van der Waals surface area (Å²) in [6.45, 7) is 4.03. The van der Waals surface area contributed by atoms with E-state index < -0.39 is 0 Å². The Morgan fingerprint density at radius 1 is 0.917 bits per heavy atom. The summed E-state index contributed by atoms with van der Waals surface area (Å²) in [6, 6.07) is 0. The zero-order valence-electron chi connectivity index (χ0n) is 8.64. The molecule has 3 aliphatic rings. The molecule has 3 rings (SSSR count). The molecule has 0 saturated carbocycles. The van der Waals surface area contributed by atoms with Crippen LogP contribution in [0.4, 0.5) is 0 Å². The van der Waals surface area contributed by atoms with Crippen molar-refractivity contribution in [3.05, 3.63) is 0 Å². The van der Waals surface area contributed by atoms with Crippen molar-refractivity contribution in [2.45, 2.75) is 24.8 Å². The third kappa shape index (κ3) is 1.09. The van der Waals surface area contributed by atoms with Crippen molar-refractivity contribution in [2.75, 3.05) is 40.8 Å². The summed E-state index contributed by atoms with van der Waals surface area (Å²) in [5, 5.41) is 0. The van der Waals surface area contributed by atoms with Crippen LogP contribution in [0.2, 0.25) is 0 Å². The van der Waals surface area contributed by atoms with Crippen LogP contribution in [-0.4, -0.2) is 55.7 Å². The predicted octanol–water partition coefficient (Wildman–Crippen LogP) is 0.931. The molecule has 3 saturated heterocycles. The molecule has 0 radical (unpaired) electrons. The minimum absolute atomic E-state index is 0.620. The fourth-order valence-electron chi connectivity index (χ4n) is 2.82. The van der Waals surface area contributed by atoms with E-state index in [4.69, 9.17) is 0 Å². The lowest BCUT2D eigenvalue weighted by atomic mass is 9.77. The van der Waals surface area contributed by atoms with Gasteiger partial charge in [0.25, 0.3) is 0 Å². The summed E-state index contributed by atoms with van der Waals surface area (Å²) in [5.74, 6) is 0. The molecule has 0 aliphatic carbocycles. The highest BCUT2D eigenvalue weighted by Gasteiger charge is 2.48. The first-order valence-electron chi connectivity index (χ1n) is 5.07. The van der Waals surface area contributed by atoms with Gasteiger partial charge in [0.05, 0.1) is 21.1 Å². The Hall–Kier alpha value is -0.0800. The lowest BCUT2D eigenvalue weighted by molar-refractivity contribution is -0.927. The first-order chi connectivity index (χ1) is 5.54. The van der Waals surface area contributed by atoms with Crippen molar-refractivity contribution in [3.8, 4) is 0 Å². The fourth-order valence-corrected chi connectivity index (χ4v) is 2.82. The van der Waals surface area contributed by atoms with Gasteiger partial charge in [-0.25, -0.2) is 0 Å². The van der Waals surface area contributed by atoms with Crippen molar-refractivity contribution in [1.82, 2.24) is 4.90 Å². The van der Waals surface area contributed by atoms with Gasteiger partial charge in [-0.05, 0) is 0 Å². The van der Waals surface area contributed by atoms with E-state index in [2.05, 4.69) is 26.0 Å². The number of fused-ring (bicyclic) bond motifs is 3. The van der Waals surface area contributed by atoms with Gasteiger partial charge in [0.2, 0.25) is 0 Å². The highest BCUT2D eigenvalue weighted by Crippen LogP contribution is 2.38. The number of piperidine rings is 3. The van der Waals surface area contributed by atoms with Crippen molar-refractivity contribution >= 4 is 0 Å². The van der Waals surface area contributed by atoms with Crippen LogP contribution in [0.5, 0.6) is 0 Å². The van der Waals surface area contributed by atoms with Crippen molar-refractivity contribution in [3.63, 3.8) is 0 Å². The Kier molecular flexibility index (Phi) is 1.74. The number of quaternary nitrogens is 1. The Bertz CT molecular complexity index is 159. The maximum absolute atomic E-state index is 2.61. The van der Waals surface area contributed by atoms with Crippen molar-refractivity contribution < 1.29 is 4.48 Å². The molecule has 3 fully saturated rings. The number of hydrogen-bond donors (Lipinski definition) is 0. The van der Waals surface area contributed by atoms with Gasteiger partial charge in [-0.3, -0.25) is 0 Å². The molecule has 70 valence electrons. The maximum Gasteiger partial charge on any atom is 0.102 e. The van der Waals surface area contributed by atoms with Crippen LogP contribution in [0, 0.1) is 0 Å². The number of nitrogens with zero attached hydrogens (tertiary/aromatic N) is 2. The third-order valence-electron chi connectivity index (χ3n) is 4.10. The smallest absolute Gasteiger partial charge is 0.102 e. The molecule has 0 aromatic heterocycles. The molecule has 0 amide bonds. The molecule has 0 spiro atoms. The van der Waals surface area contributed by atoms with Crippen LogP contribution < -0.4 is 0 Å². The molecule has 2 nitrogen and oxygen atoms in total. The normalized spacial score (nSPS) is 41.8. The van der Waals surface area contributed by atoms with Crippen LogP contribution in [0.3, 0.4) is 0 Å². The van der Waals surface area contributed by atoms with Crippen LogP contribution in [0.1, 0.15) is 19.3 Å². The molecule has 0 unspecified atom stereocenters. The Morgan fingerprint density at radius 2 is 1.33 bits per heavy atom. The minimum atomic E-state index is 0.620. The van der Waals surface area contributed by atoms with E-state index in [-0.39, 0.29) is 0 Å². The molecule has 2 heteroatoms. The first kappa shape index (κ1) is 8.52. The van der Waals surface area contributed by atoms with Crippen LogP contribution >= 0.6 is 0 Å². The molecular formula is C10H21N2+. The maximum atomic E-state index is 2.61. The number of hydrogen-bond acceptors (Lipinski definition) is 1. The summed E-state index contributed by atoms with van der Waals surface area (Å²) < 4.78 is 1.17. The van der Waals surface area contributed by atoms with Crippen molar-refractivity contribution in [1.29, 1.82) is 0 Å². The van der Waals surface area contributed by atoms with E-state index in [1.807, 2.05) is 0 Å². The minimum Gasteiger partial charge on any atom is -0.326 e. The zero-order valence-corrected chi connectivity index (χ0v) is 8.64. The molecular weight excluding hydrogens is 148 g/mol. The molecule has 0 N–H and O–H groups in total. The van der Waals surface area contributed by atoms with Crippen molar-refractivity contribution in [2.24, 2.45) is 0 Å². The van der Waals surface area contributed by atoms with Gasteiger partial charge in [0.1, 0.15) is 5.54 Å². The van der Waals surface area contributed by atoms with Gasteiger partial charge in [0, 0.05) is 38.9 Å². The van der Waals surface area contributed by atoms with Crippen LogP contribution in [-0.2, 0) is 0 Å². The van der Waals surface area contributed by atoms with E-state index in [9.17, 15) is 0 Å². The molecule has 3 aliphatic heterocycles. The topological polar surface area (TPSA) is 3.24 Å². The van der Waals surface area contributed by atoms with E-state index in [1.165, 1.54) is 43.4 Å². The third-order valence-corrected chi connectivity index (χ3v) is 4.10. The Balaban J connectivity index is 2.19. The van der Waals surface area contributed by atoms with Gasteiger partial charge in [-0.15, -0.1) is 0 Å². The summed E-state index contributed by atoms with van der Waals surface area (Å²) in [7, 11) is 7.09. The molecule has 0 aromatic rings. The van der Waals surface area contributed by atoms with E-state index >= 15 is 0 Å². The predicted molar refractivity (Wildman–Crippen MR) is 51.1 cm³/mol. The first-order valence-corrected chi connectivity index (χ1v) is 5.07. The molecule has 0 atom stereocenters. The lowest BCUT2D eigenvalue weighted by Crippen LogP contribution is -2.66. The molecule has 3 heterocycles. The SMILES string of the molecule is C[N+](C)(C)C12CCN(CC1)CC2. The van der Waals surface area contributed by atoms with Gasteiger partial charge < -0.3 is 9.38 Å². The van der Waals surface area contributed by atoms with E-state index in [0.29, 0.717) is 5.54 Å². The summed E-state index contributed by atoms with van der Waals surface area (Å²) in [4.78, 5) is 2.61. The lowest BCUT2D eigenvalue weighted by Gasteiger charge is -2.55. The number of rotatable bonds is 1. The second-order valence-corrected chi connectivity index (χ2v) is 5.33. The second kappa shape index (κ2) is 2.46. The van der Waals surface area contributed by atoms with Gasteiger partial charge in [-0.2, -0.15) is 0 Å². The van der Waals surface area contributed by atoms with Gasteiger partial charge >= 0.3 is 0 Å². The van der Waals surface area contributed by atoms with E-state index in [0.717, 1.165) is 0 Å². The average molecular weight is 169 g/mol. The molecule has 2 bridgehead atoms.